The Hall–Kier alpha value is -1.59. The number of nitrogens with one attached hydrogen (secondary N) is 1. The number of anilines is 1. The molecule has 116 valence electrons. The predicted molar refractivity (Wildman–Crippen MR) is 82.7 cm³/mol. The van der Waals surface area contributed by atoms with Gasteiger partial charge in [0, 0.05) is 32.4 Å². The first kappa shape index (κ1) is 15.8. The Morgan fingerprint density at radius 3 is 2.57 bits per heavy atom. The van der Waals surface area contributed by atoms with E-state index in [4.69, 9.17) is 9.47 Å². The number of carbonyl (C=O) groups is 1. The fourth-order valence-corrected chi connectivity index (χ4v) is 2.34. The van der Waals surface area contributed by atoms with Crippen molar-refractivity contribution >= 4 is 11.7 Å². The van der Waals surface area contributed by atoms with Crippen LogP contribution in [0.5, 0.6) is 0 Å². The summed E-state index contributed by atoms with van der Waals surface area (Å²) in [5.74, 6) is -0.229. The molecule has 0 atom stereocenters. The van der Waals surface area contributed by atoms with E-state index in [1.165, 1.54) is 0 Å². The zero-order valence-corrected chi connectivity index (χ0v) is 12.8. The molecule has 0 aromatic heterocycles. The lowest BCUT2D eigenvalue weighted by Gasteiger charge is -2.28. The molecule has 2 rings (SSSR count). The topological polar surface area (TPSA) is 50.8 Å². The van der Waals surface area contributed by atoms with Gasteiger partial charge in [0.15, 0.2) is 0 Å². The first-order valence-corrected chi connectivity index (χ1v) is 7.41. The monoisotopic (exact) mass is 292 g/mol. The SMILES string of the molecule is COCCNc1ccc(C(=O)OC2CCN(C)CC2)cc1. The van der Waals surface area contributed by atoms with Crippen molar-refractivity contribution < 1.29 is 14.3 Å². The van der Waals surface area contributed by atoms with E-state index in [0.29, 0.717) is 12.2 Å². The number of piperidine rings is 1. The molecule has 1 N–H and O–H groups in total. The van der Waals surface area contributed by atoms with Crippen LogP contribution in [0.1, 0.15) is 23.2 Å². The van der Waals surface area contributed by atoms with Crippen molar-refractivity contribution in [1.29, 1.82) is 0 Å². The summed E-state index contributed by atoms with van der Waals surface area (Å²) in [7, 11) is 3.76. The second-order valence-corrected chi connectivity index (χ2v) is 5.40. The van der Waals surface area contributed by atoms with Crippen LogP contribution in [0.3, 0.4) is 0 Å². The number of ether oxygens (including phenoxy) is 2. The summed E-state index contributed by atoms with van der Waals surface area (Å²) >= 11 is 0. The van der Waals surface area contributed by atoms with E-state index >= 15 is 0 Å². The van der Waals surface area contributed by atoms with E-state index in [9.17, 15) is 4.79 Å². The third-order valence-corrected chi connectivity index (χ3v) is 3.70. The quantitative estimate of drug-likeness (QED) is 0.642. The molecular formula is C16H24N2O3. The number of hydrogen-bond acceptors (Lipinski definition) is 5. The van der Waals surface area contributed by atoms with Gasteiger partial charge < -0.3 is 19.7 Å². The second kappa shape index (κ2) is 8.00. The van der Waals surface area contributed by atoms with Gasteiger partial charge in [0.2, 0.25) is 0 Å². The number of esters is 1. The summed E-state index contributed by atoms with van der Waals surface area (Å²) in [5, 5.41) is 3.22. The minimum Gasteiger partial charge on any atom is -0.459 e. The molecule has 0 radical (unpaired) electrons. The normalized spacial score (nSPS) is 16.7. The van der Waals surface area contributed by atoms with Crippen LogP contribution in [0, 0.1) is 0 Å². The van der Waals surface area contributed by atoms with Gasteiger partial charge in [0.25, 0.3) is 0 Å². The largest absolute Gasteiger partial charge is 0.459 e. The molecule has 1 heterocycles. The minimum atomic E-state index is -0.229. The number of hydrogen-bond donors (Lipinski definition) is 1. The summed E-state index contributed by atoms with van der Waals surface area (Å²) < 4.78 is 10.5. The number of nitrogens with zero attached hydrogens (tertiary/aromatic N) is 1. The molecule has 1 aromatic rings. The Labute approximate surface area is 126 Å². The maximum atomic E-state index is 12.1. The van der Waals surface area contributed by atoms with E-state index < -0.39 is 0 Å². The molecule has 0 spiro atoms. The molecule has 0 saturated carbocycles. The third-order valence-electron chi connectivity index (χ3n) is 3.70. The highest BCUT2D eigenvalue weighted by Gasteiger charge is 2.20. The van der Waals surface area contributed by atoms with Crippen LogP contribution < -0.4 is 5.32 Å². The van der Waals surface area contributed by atoms with Crippen molar-refractivity contribution in [3.05, 3.63) is 29.8 Å². The minimum absolute atomic E-state index is 0.0493. The number of likely N-dealkylation sites (tertiary alicyclic amines) is 1. The first-order chi connectivity index (χ1) is 10.2. The Morgan fingerprint density at radius 2 is 1.95 bits per heavy atom. The van der Waals surface area contributed by atoms with Crippen LogP contribution in [0.4, 0.5) is 5.69 Å². The van der Waals surface area contributed by atoms with E-state index in [1.54, 1.807) is 19.2 Å². The van der Waals surface area contributed by atoms with Gasteiger partial charge in [-0.15, -0.1) is 0 Å². The predicted octanol–water partition coefficient (Wildman–Crippen LogP) is 2.00. The smallest absolute Gasteiger partial charge is 0.338 e. The van der Waals surface area contributed by atoms with Gasteiger partial charge in [-0.2, -0.15) is 0 Å². The molecule has 21 heavy (non-hydrogen) atoms. The fraction of sp³-hybridized carbons (Fsp3) is 0.562. The summed E-state index contributed by atoms with van der Waals surface area (Å²) in [6.45, 7) is 3.37. The highest BCUT2D eigenvalue weighted by Crippen LogP contribution is 2.16. The highest BCUT2D eigenvalue weighted by atomic mass is 16.5. The van der Waals surface area contributed by atoms with Crippen molar-refractivity contribution in [2.75, 3.05) is 45.7 Å². The van der Waals surface area contributed by atoms with Gasteiger partial charge in [0.1, 0.15) is 6.10 Å². The number of carbonyl (C=O) groups excluding carboxylic acids is 1. The highest BCUT2D eigenvalue weighted by molar-refractivity contribution is 5.89. The maximum Gasteiger partial charge on any atom is 0.338 e. The Kier molecular flexibility index (Phi) is 6.02. The van der Waals surface area contributed by atoms with Crippen LogP contribution in [0.15, 0.2) is 24.3 Å². The van der Waals surface area contributed by atoms with Crippen LogP contribution in [0.25, 0.3) is 0 Å². The van der Waals surface area contributed by atoms with Gasteiger partial charge in [-0.3, -0.25) is 0 Å². The van der Waals surface area contributed by atoms with Gasteiger partial charge in [-0.25, -0.2) is 4.79 Å². The van der Waals surface area contributed by atoms with Gasteiger partial charge in [-0.1, -0.05) is 0 Å². The van der Waals surface area contributed by atoms with Crippen LogP contribution in [-0.4, -0.2) is 57.4 Å². The number of methoxy groups -OCH3 is 1. The maximum absolute atomic E-state index is 12.1. The summed E-state index contributed by atoms with van der Waals surface area (Å²) in [6, 6.07) is 7.38. The van der Waals surface area contributed by atoms with E-state index in [1.807, 2.05) is 12.1 Å². The second-order valence-electron chi connectivity index (χ2n) is 5.40. The zero-order valence-electron chi connectivity index (χ0n) is 12.8. The Bertz CT molecular complexity index is 439. The lowest BCUT2D eigenvalue weighted by atomic mass is 10.1. The average Bonchev–Trinajstić information content (AvgIpc) is 2.50. The molecule has 1 saturated heterocycles. The first-order valence-electron chi connectivity index (χ1n) is 7.41. The number of rotatable bonds is 6. The molecule has 1 aliphatic heterocycles. The van der Waals surface area contributed by atoms with E-state index in [2.05, 4.69) is 17.3 Å². The molecule has 0 amide bonds. The Morgan fingerprint density at radius 1 is 1.29 bits per heavy atom. The van der Waals surface area contributed by atoms with Crippen molar-refractivity contribution in [3.63, 3.8) is 0 Å². The van der Waals surface area contributed by atoms with Gasteiger partial charge in [0.05, 0.1) is 12.2 Å². The molecule has 1 fully saturated rings. The molecule has 1 aromatic carbocycles. The molecular weight excluding hydrogens is 268 g/mol. The lowest BCUT2D eigenvalue weighted by Crippen LogP contribution is -2.35. The van der Waals surface area contributed by atoms with Crippen molar-refractivity contribution in [2.45, 2.75) is 18.9 Å². The van der Waals surface area contributed by atoms with Crippen LogP contribution in [-0.2, 0) is 9.47 Å². The Balaban J connectivity index is 1.82. The summed E-state index contributed by atoms with van der Waals surface area (Å²) in [4.78, 5) is 14.3. The molecule has 5 nitrogen and oxygen atoms in total. The van der Waals surface area contributed by atoms with Gasteiger partial charge >= 0.3 is 5.97 Å². The summed E-state index contributed by atoms with van der Waals surface area (Å²) in [5.41, 5.74) is 1.58. The molecule has 0 unspecified atom stereocenters. The molecule has 0 aliphatic carbocycles. The third kappa shape index (κ3) is 5.02. The summed E-state index contributed by atoms with van der Waals surface area (Å²) in [6.07, 6.45) is 1.88. The lowest BCUT2D eigenvalue weighted by molar-refractivity contribution is 0.0139. The average molecular weight is 292 g/mol. The standard InChI is InChI=1S/C16H24N2O3/c1-18-10-7-15(8-11-18)21-16(19)13-3-5-14(6-4-13)17-9-12-20-2/h3-6,15,17H,7-12H2,1-2H3. The van der Waals surface area contributed by atoms with Crippen molar-refractivity contribution in [3.8, 4) is 0 Å². The van der Waals surface area contributed by atoms with E-state index in [0.717, 1.165) is 38.2 Å². The zero-order chi connectivity index (χ0) is 15.1. The molecule has 5 heteroatoms. The van der Waals surface area contributed by atoms with Crippen LogP contribution >= 0.6 is 0 Å². The van der Waals surface area contributed by atoms with Crippen LogP contribution in [0.2, 0.25) is 0 Å². The molecule has 1 aliphatic rings. The van der Waals surface area contributed by atoms with Crippen molar-refractivity contribution in [2.24, 2.45) is 0 Å². The fourth-order valence-electron chi connectivity index (χ4n) is 2.34. The van der Waals surface area contributed by atoms with Gasteiger partial charge in [-0.05, 0) is 44.2 Å². The molecule has 0 bridgehead atoms. The van der Waals surface area contributed by atoms with Crippen molar-refractivity contribution in [1.82, 2.24) is 4.90 Å². The van der Waals surface area contributed by atoms with E-state index in [-0.39, 0.29) is 12.1 Å². The number of benzene rings is 1.